The van der Waals surface area contributed by atoms with E-state index >= 15 is 0 Å². The minimum Gasteiger partial charge on any atom is -0.313 e. The summed E-state index contributed by atoms with van der Waals surface area (Å²) in [6, 6.07) is 10.5. The zero-order valence-corrected chi connectivity index (χ0v) is 12.1. The molecule has 1 aliphatic rings. The third-order valence-corrected chi connectivity index (χ3v) is 4.71. The topological polar surface area (TPSA) is 58.2 Å². The fourth-order valence-electron chi connectivity index (χ4n) is 1.91. The molecule has 1 saturated carbocycles. The molecule has 0 radical (unpaired) electrons. The molecule has 1 aliphatic carbocycles. The average Bonchev–Trinajstić information content (AvgIpc) is 3.21. The molecule has 5 heteroatoms. The van der Waals surface area contributed by atoms with Crippen molar-refractivity contribution in [2.45, 2.75) is 31.7 Å². The van der Waals surface area contributed by atoms with E-state index in [4.69, 9.17) is 0 Å². The van der Waals surface area contributed by atoms with Gasteiger partial charge in [0, 0.05) is 19.1 Å². The Balaban J connectivity index is 1.73. The molecule has 1 fully saturated rings. The van der Waals surface area contributed by atoms with Crippen molar-refractivity contribution in [1.29, 1.82) is 0 Å². The molecule has 4 nitrogen and oxygen atoms in total. The third kappa shape index (κ3) is 5.30. The Bertz CT molecular complexity index is 483. The lowest BCUT2D eigenvalue weighted by Gasteiger charge is -2.13. The molecule has 1 unspecified atom stereocenters. The lowest BCUT2D eigenvalue weighted by molar-refractivity contribution is 0.570. The number of benzene rings is 1. The van der Waals surface area contributed by atoms with E-state index in [2.05, 4.69) is 10.0 Å². The molecule has 1 atom stereocenters. The van der Waals surface area contributed by atoms with Crippen molar-refractivity contribution in [2.24, 2.45) is 0 Å². The number of sulfonamides is 1. The quantitative estimate of drug-likeness (QED) is 0.759. The highest BCUT2D eigenvalue weighted by molar-refractivity contribution is 7.89. The zero-order chi connectivity index (χ0) is 13.7. The molecule has 1 aromatic carbocycles. The van der Waals surface area contributed by atoms with Gasteiger partial charge in [0.1, 0.15) is 0 Å². The van der Waals surface area contributed by atoms with Crippen LogP contribution in [0.3, 0.4) is 0 Å². The Morgan fingerprint density at radius 3 is 2.58 bits per heavy atom. The minimum absolute atomic E-state index is 0.158. The summed E-state index contributed by atoms with van der Waals surface area (Å²) in [5.41, 5.74) is 1.15. The third-order valence-electron chi connectivity index (χ3n) is 3.36. The van der Waals surface area contributed by atoms with E-state index in [1.165, 1.54) is 12.8 Å². The number of hydrogen-bond donors (Lipinski definition) is 2. The molecule has 106 valence electrons. The molecule has 2 N–H and O–H groups in total. The first-order chi connectivity index (χ1) is 9.07. The first kappa shape index (κ1) is 14.5. The van der Waals surface area contributed by atoms with Crippen molar-refractivity contribution in [3.63, 3.8) is 0 Å². The van der Waals surface area contributed by atoms with Crippen molar-refractivity contribution in [3.05, 3.63) is 35.9 Å². The van der Waals surface area contributed by atoms with E-state index in [1.54, 1.807) is 0 Å². The van der Waals surface area contributed by atoms with E-state index in [1.807, 2.05) is 37.3 Å². The van der Waals surface area contributed by atoms with E-state index in [0.29, 0.717) is 19.1 Å². The Kier molecular flexibility index (Phi) is 4.96. The van der Waals surface area contributed by atoms with Gasteiger partial charge in [0.15, 0.2) is 0 Å². The van der Waals surface area contributed by atoms with E-state index in [-0.39, 0.29) is 11.7 Å². The smallest absolute Gasteiger partial charge is 0.212 e. The summed E-state index contributed by atoms with van der Waals surface area (Å²) in [6.45, 7) is 3.02. The second-order valence-electron chi connectivity index (χ2n) is 5.21. The summed E-state index contributed by atoms with van der Waals surface area (Å²) in [6.07, 6.45) is 2.36. The maximum Gasteiger partial charge on any atom is 0.212 e. The molecule has 2 rings (SSSR count). The molecular formula is C14H22N2O2S. The lowest BCUT2D eigenvalue weighted by Crippen LogP contribution is -2.34. The Labute approximate surface area is 115 Å². The molecule has 0 aliphatic heterocycles. The summed E-state index contributed by atoms with van der Waals surface area (Å²) < 4.78 is 26.3. The number of nitrogens with one attached hydrogen (secondary N) is 2. The Morgan fingerprint density at radius 1 is 1.26 bits per heavy atom. The van der Waals surface area contributed by atoms with Crippen LogP contribution in [0.4, 0.5) is 0 Å². The van der Waals surface area contributed by atoms with Gasteiger partial charge < -0.3 is 5.32 Å². The van der Waals surface area contributed by atoms with Crippen LogP contribution in [0.2, 0.25) is 0 Å². The van der Waals surface area contributed by atoms with Crippen molar-refractivity contribution in [3.8, 4) is 0 Å². The van der Waals surface area contributed by atoms with Crippen LogP contribution in [-0.4, -0.2) is 33.3 Å². The summed E-state index contributed by atoms with van der Waals surface area (Å²) in [4.78, 5) is 0. The summed E-state index contributed by atoms with van der Waals surface area (Å²) in [5.74, 6) is 0.345. The van der Waals surface area contributed by atoms with E-state index in [0.717, 1.165) is 5.56 Å². The van der Waals surface area contributed by atoms with Gasteiger partial charge in [0.2, 0.25) is 10.0 Å². The maximum atomic E-state index is 11.8. The minimum atomic E-state index is -3.17. The van der Waals surface area contributed by atoms with Gasteiger partial charge in [-0.15, -0.1) is 0 Å². The normalized spacial score (nSPS) is 17.3. The van der Waals surface area contributed by atoms with Gasteiger partial charge in [-0.25, -0.2) is 13.1 Å². The van der Waals surface area contributed by atoms with Crippen LogP contribution in [0.15, 0.2) is 30.3 Å². The van der Waals surface area contributed by atoms with Gasteiger partial charge in [-0.3, -0.25) is 0 Å². The van der Waals surface area contributed by atoms with E-state index in [9.17, 15) is 8.42 Å². The first-order valence-electron chi connectivity index (χ1n) is 6.82. The highest BCUT2D eigenvalue weighted by Gasteiger charge is 2.21. The molecule has 0 spiro atoms. The first-order valence-corrected chi connectivity index (χ1v) is 8.48. The molecule has 0 heterocycles. The van der Waals surface area contributed by atoms with Crippen LogP contribution in [-0.2, 0) is 10.0 Å². The largest absolute Gasteiger partial charge is 0.313 e. The summed E-state index contributed by atoms with van der Waals surface area (Å²) >= 11 is 0. The number of rotatable bonds is 8. The van der Waals surface area contributed by atoms with Crippen molar-refractivity contribution in [1.82, 2.24) is 10.0 Å². The fraction of sp³-hybridized carbons (Fsp3) is 0.571. The average molecular weight is 282 g/mol. The highest BCUT2D eigenvalue weighted by atomic mass is 32.2. The van der Waals surface area contributed by atoms with Gasteiger partial charge in [-0.1, -0.05) is 37.3 Å². The lowest BCUT2D eigenvalue weighted by atomic mass is 10.0. The maximum absolute atomic E-state index is 11.8. The van der Waals surface area contributed by atoms with Crippen molar-refractivity contribution < 1.29 is 8.42 Å². The molecule has 0 amide bonds. The van der Waals surface area contributed by atoms with Gasteiger partial charge in [0.25, 0.3) is 0 Å². The second kappa shape index (κ2) is 6.50. The zero-order valence-electron chi connectivity index (χ0n) is 11.3. The highest BCUT2D eigenvalue weighted by Crippen LogP contribution is 2.18. The predicted octanol–water partition coefficient (Wildman–Crippen LogP) is 1.46. The summed E-state index contributed by atoms with van der Waals surface area (Å²) in [5, 5.41) is 3.21. The summed E-state index contributed by atoms with van der Waals surface area (Å²) in [7, 11) is -3.17. The van der Waals surface area contributed by atoms with Gasteiger partial charge in [-0.2, -0.15) is 0 Å². The van der Waals surface area contributed by atoms with E-state index < -0.39 is 10.0 Å². The van der Waals surface area contributed by atoms with Crippen LogP contribution in [0.1, 0.15) is 31.2 Å². The van der Waals surface area contributed by atoms with Crippen LogP contribution in [0.5, 0.6) is 0 Å². The van der Waals surface area contributed by atoms with Gasteiger partial charge in [0.05, 0.1) is 5.75 Å². The Hall–Kier alpha value is -0.910. The number of hydrogen-bond acceptors (Lipinski definition) is 3. The molecule has 19 heavy (non-hydrogen) atoms. The Morgan fingerprint density at radius 2 is 1.95 bits per heavy atom. The molecule has 0 saturated heterocycles. The molecular weight excluding hydrogens is 260 g/mol. The SMILES string of the molecule is CC(CNS(=O)(=O)CCNC1CC1)c1ccccc1. The molecule has 1 aromatic rings. The van der Waals surface area contributed by atoms with Crippen LogP contribution in [0, 0.1) is 0 Å². The van der Waals surface area contributed by atoms with Gasteiger partial charge in [-0.05, 0) is 24.3 Å². The molecule has 0 bridgehead atoms. The van der Waals surface area contributed by atoms with Crippen LogP contribution < -0.4 is 10.0 Å². The second-order valence-corrected chi connectivity index (χ2v) is 7.13. The standard InChI is InChI=1S/C14H22N2O2S/c1-12(13-5-3-2-4-6-13)11-16-19(17,18)10-9-15-14-7-8-14/h2-6,12,14-16H,7-11H2,1H3. The molecule has 0 aromatic heterocycles. The van der Waals surface area contributed by atoms with Crippen molar-refractivity contribution >= 4 is 10.0 Å². The predicted molar refractivity (Wildman–Crippen MR) is 77.7 cm³/mol. The monoisotopic (exact) mass is 282 g/mol. The van der Waals surface area contributed by atoms with Gasteiger partial charge >= 0.3 is 0 Å². The van der Waals surface area contributed by atoms with Crippen LogP contribution >= 0.6 is 0 Å². The van der Waals surface area contributed by atoms with Crippen LogP contribution in [0.25, 0.3) is 0 Å². The fourth-order valence-corrected chi connectivity index (χ4v) is 2.94. The van der Waals surface area contributed by atoms with Crippen molar-refractivity contribution in [2.75, 3.05) is 18.8 Å².